The molecule has 0 aliphatic heterocycles. The second-order valence-electron chi connectivity index (χ2n) is 4.20. The van der Waals surface area contributed by atoms with Crippen LogP contribution in [0.2, 0.25) is 0 Å². The van der Waals surface area contributed by atoms with E-state index in [-0.39, 0.29) is 6.04 Å². The van der Waals surface area contributed by atoms with Crippen LogP contribution in [0, 0.1) is 6.92 Å². The van der Waals surface area contributed by atoms with Gasteiger partial charge in [0.25, 0.3) is 0 Å². The van der Waals surface area contributed by atoms with Crippen molar-refractivity contribution in [1.82, 2.24) is 0 Å². The summed E-state index contributed by atoms with van der Waals surface area (Å²) in [5.41, 5.74) is 8.52. The highest BCUT2D eigenvalue weighted by Gasteiger charge is 2.15. The molecule has 19 heavy (non-hydrogen) atoms. The van der Waals surface area contributed by atoms with Crippen molar-refractivity contribution in [3.8, 4) is 11.5 Å². The first kappa shape index (κ1) is 14.4. The van der Waals surface area contributed by atoms with Gasteiger partial charge in [-0.05, 0) is 52.2 Å². The largest absolute Gasteiger partial charge is 0.493 e. The minimum absolute atomic E-state index is 0.158. The lowest BCUT2D eigenvalue weighted by Crippen LogP contribution is -2.10. The van der Waals surface area contributed by atoms with Gasteiger partial charge in [0.1, 0.15) is 0 Å². The number of nitrogens with two attached hydrogens (primary N) is 1. The molecule has 1 unspecified atom stereocenters. The van der Waals surface area contributed by atoms with Gasteiger partial charge in [0.15, 0.2) is 11.5 Å². The minimum atomic E-state index is -0.158. The zero-order valence-corrected chi connectivity index (χ0v) is 13.5. The van der Waals surface area contributed by atoms with Crippen molar-refractivity contribution >= 4 is 27.3 Å². The highest BCUT2D eigenvalue weighted by atomic mass is 79.9. The Balaban J connectivity index is 2.35. The number of thiophene rings is 1. The summed E-state index contributed by atoms with van der Waals surface area (Å²) in [4.78, 5) is 1.12. The van der Waals surface area contributed by atoms with Crippen LogP contribution in [0.15, 0.2) is 28.1 Å². The van der Waals surface area contributed by atoms with Gasteiger partial charge in [-0.15, -0.1) is 11.3 Å². The van der Waals surface area contributed by atoms with Crippen molar-refractivity contribution in [2.45, 2.75) is 13.0 Å². The van der Waals surface area contributed by atoms with Crippen molar-refractivity contribution in [3.63, 3.8) is 0 Å². The number of hydrogen-bond donors (Lipinski definition) is 1. The molecule has 102 valence electrons. The van der Waals surface area contributed by atoms with E-state index < -0.39 is 0 Å². The van der Waals surface area contributed by atoms with Gasteiger partial charge in [0.05, 0.1) is 24.0 Å². The lowest BCUT2D eigenvalue weighted by Gasteiger charge is -2.13. The average molecular weight is 342 g/mol. The lowest BCUT2D eigenvalue weighted by molar-refractivity contribution is 0.354. The molecule has 2 rings (SSSR count). The summed E-state index contributed by atoms with van der Waals surface area (Å²) in [6.07, 6.45) is 0. The fourth-order valence-corrected chi connectivity index (χ4v) is 3.45. The van der Waals surface area contributed by atoms with Crippen LogP contribution in [0.4, 0.5) is 0 Å². The summed E-state index contributed by atoms with van der Waals surface area (Å²) in [6.45, 7) is 2.06. The zero-order chi connectivity index (χ0) is 14.0. The molecule has 0 amide bonds. The van der Waals surface area contributed by atoms with Gasteiger partial charge < -0.3 is 15.2 Å². The van der Waals surface area contributed by atoms with E-state index >= 15 is 0 Å². The Bertz CT molecular complexity index is 563. The molecule has 0 aliphatic rings. The number of benzene rings is 1. The third-order valence-electron chi connectivity index (χ3n) is 2.95. The topological polar surface area (TPSA) is 44.5 Å². The molecule has 0 radical (unpaired) electrons. The maximum atomic E-state index is 6.31. The molecule has 1 atom stereocenters. The predicted octanol–water partition coefficient (Wildman–Crippen LogP) is 3.88. The molecule has 5 heteroatoms. The number of rotatable bonds is 4. The van der Waals surface area contributed by atoms with Crippen LogP contribution in [0.5, 0.6) is 11.5 Å². The van der Waals surface area contributed by atoms with Gasteiger partial charge >= 0.3 is 0 Å². The van der Waals surface area contributed by atoms with Crippen molar-refractivity contribution < 1.29 is 9.47 Å². The standard InChI is InChI=1S/C14H16BrNO2S/c1-8-6-12(19-14(8)15)13(16)9-4-5-10(17-2)11(7-9)18-3/h4-7,13H,16H2,1-3H3. The molecule has 2 aromatic rings. The zero-order valence-electron chi connectivity index (χ0n) is 11.1. The molecule has 1 aromatic carbocycles. The van der Waals surface area contributed by atoms with E-state index in [1.165, 1.54) is 5.56 Å². The van der Waals surface area contributed by atoms with E-state index in [4.69, 9.17) is 15.2 Å². The predicted molar refractivity (Wildman–Crippen MR) is 82.3 cm³/mol. The minimum Gasteiger partial charge on any atom is -0.493 e. The Labute approximate surface area is 125 Å². The fraction of sp³-hybridized carbons (Fsp3) is 0.286. The number of methoxy groups -OCH3 is 2. The Hall–Kier alpha value is -1.04. The van der Waals surface area contributed by atoms with E-state index in [0.717, 1.165) is 14.2 Å². The van der Waals surface area contributed by atoms with Crippen LogP contribution in [-0.4, -0.2) is 14.2 Å². The summed E-state index contributed by atoms with van der Waals surface area (Å²) in [6, 6.07) is 7.72. The third-order valence-corrected chi connectivity index (χ3v) is 5.17. The van der Waals surface area contributed by atoms with Crippen molar-refractivity contribution in [3.05, 3.63) is 44.1 Å². The summed E-state index contributed by atoms with van der Waals surface area (Å²) >= 11 is 5.19. The molecule has 2 N–H and O–H groups in total. The number of halogens is 1. The van der Waals surface area contributed by atoms with Gasteiger partial charge in [-0.1, -0.05) is 6.07 Å². The molecular formula is C14H16BrNO2S. The average Bonchev–Trinajstić information content (AvgIpc) is 2.77. The van der Waals surface area contributed by atoms with Crippen molar-refractivity contribution in [1.29, 1.82) is 0 Å². The highest BCUT2D eigenvalue weighted by Crippen LogP contribution is 2.36. The van der Waals surface area contributed by atoms with Gasteiger partial charge in [0.2, 0.25) is 0 Å². The maximum absolute atomic E-state index is 6.31. The molecule has 3 nitrogen and oxygen atoms in total. The van der Waals surface area contributed by atoms with E-state index in [9.17, 15) is 0 Å². The van der Waals surface area contributed by atoms with Crippen LogP contribution in [0.1, 0.15) is 22.0 Å². The van der Waals surface area contributed by atoms with Gasteiger partial charge in [-0.3, -0.25) is 0 Å². The number of hydrogen-bond acceptors (Lipinski definition) is 4. The molecule has 0 saturated carbocycles. The second-order valence-corrected chi connectivity index (χ2v) is 6.60. The first-order chi connectivity index (χ1) is 9.06. The van der Waals surface area contributed by atoms with Gasteiger partial charge in [-0.2, -0.15) is 0 Å². The fourth-order valence-electron chi connectivity index (χ4n) is 1.85. The first-order valence-electron chi connectivity index (χ1n) is 5.80. The summed E-state index contributed by atoms with van der Waals surface area (Å²) < 4.78 is 11.7. The smallest absolute Gasteiger partial charge is 0.161 e. The van der Waals surface area contributed by atoms with E-state index in [2.05, 4.69) is 28.9 Å². The quantitative estimate of drug-likeness (QED) is 0.917. The first-order valence-corrected chi connectivity index (χ1v) is 7.41. The second kappa shape index (κ2) is 5.94. The van der Waals surface area contributed by atoms with Crippen LogP contribution in [0.25, 0.3) is 0 Å². The summed E-state index contributed by atoms with van der Waals surface area (Å²) in [5.74, 6) is 1.41. The van der Waals surface area contributed by atoms with Crippen LogP contribution in [-0.2, 0) is 0 Å². The van der Waals surface area contributed by atoms with Crippen LogP contribution >= 0.6 is 27.3 Å². The number of ether oxygens (including phenoxy) is 2. The molecule has 1 aromatic heterocycles. The van der Waals surface area contributed by atoms with Gasteiger partial charge in [0, 0.05) is 4.88 Å². The normalized spacial score (nSPS) is 12.3. The van der Waals surface area contributed by atoms with Crippen molar-refractivity contribution in [2.24, 2.45) is 5.73 Å². The van der Waals surface area contributed by atoms with E-state index in [1.807, 2.05) is 18.2 Å². The Morgan fingerprint density at radius 3 is 2.37 bits per heavy atom. The summed E-state index contributed by atoms with van der Waals surface area (Å²) in [7, 11) is 3.25. The molecule has 0 fully saturated rings. The monoisotopic (exact) mass is 341 g/mol. The van der Waals surface area contributed by atoms with Crippen LogP contribution < -0.4 is 15.2 Å². The Morgan fingerprint density at radius 1 is 1.16 bits per heavy atom. The molecule has 0 bridgehead atoms. The number of aryl methyl sites for hydroxylation is 1. The Morgan fingerprint density at radius 2 is 1.84 bits per heavy atom. The van der Waals surface area contributed by atoms with Gasteiger partial charge in [-0.25, -0.2) is 0 Å². The highest BCUT2D eigenvalue weighted by molar-refractivity contribution is 9.11. The summed E-state index contributed by atoms with van der Waals surface area (Å²) in [5, 5.41) is 0. The van der Waals surface area contributed by atoms with E-state index in [1.54, 1.807) is 25.6 Å². The van der Waals surface area contributed by atoms with Crippen molar-refractivity contribution in [2.75, 3.05) is 14.2 Å². The van der Waals surface area contributed by atoms with Crippen LogP contribution in [0.3, 0.4) is 0 Å². The Kier molecular flexibility index (Phi) is 4.50. The van der Waals surface area contributed by atoms with E-state index in [0.29, 0.717) is 11.5 Å². The molecule has 0 spiro atoms. The molecular weight excluding hydrogens is 326 g/mol. The molecule has 0 aliphatic carbocycles. The molecule has 0 saturated heterocycles. The lowest BCUT2D eigenvalue weighted by atomic mass is 10.1. The maximum Gasteiger partial charge on any atom is 0.161 e. The third kappa shape index (κ3) is 2.94. The molecule has 1 heterocycles. The SMILES string of the molecule is COc1ccc(C(N)c2cc(C)c(Br)s2)cc1OC.